The van der Waals surface area contributed by atoms with E-state index in [0.717, 1.165) is 38.5 Å². The molecule has 2 heteroatoms. The highest BCUT2D eigenvalue weighted by Crippen LogP contribution is 2.31. The molecule has 1 aromatic carbocycles. The Morgan fingerprint density at radius 1 is 1.11 bits per heavy atom. The van der Waals surface area contributed by atoms with Crippen LogP contribution in [0.1, 0.15) is 50.7 Å². The molecule has 1 saturated carbocycles. The van der Waals surface area contributed by atoms with E-state index in [1.165, 1.54) is 16.8 Å². The zero-order valence-electron chi connectivity index (χ0n) is 12.4. The third kappa shape index (κ3) is 2.99. The Morgan fingerprint density at radius 2 is 1.63 bits per heavy atom. The summed E-state index contributed by atoms with van der Waals surface area (Å²) in [6.45, 7) is 4.44. The van der Waals surface area contributed by atoms with Gasteiger partial charge >= 0.3 is 0 Å². The van der Waals surface area contributed by atoms with Crippen molar-refractivity contribution in [2.24, 2.45) is 0 Å². The standard InChI is InChI=1S/C17H25NO/c1-4-13-7-6-8-14(5-2)17(13)18(3)15-9-11-16(19)12-10-15/h6-8,15H,4-5,9-12H2,1-3H3. The van der Waals surface area contributed by atoms with Crippen LogP contribution in [0.5, 0.6) is 0 Å². The van der Waals surface area contributed by atoms with Gasteiger partial charge in [-0.15, -0.1) is 0 Å². The lowest BCUT2D eigenvalue weighted by atomic mass is 9.91. The molecular weight excluding hydrogens is 234 g/mol. The molecule has 0 bridgehead atoms. The molecule has 2 rings (SSSR count). The summed E-state index contributed by atoms with van der Waals surface area (Å²) in [6.07, 6.45) is 5.67. The summed E-state index contributed by atoms with van der Waals surface area (Å²) >= 11 is 0. The van der Waals surface area contributed by atoms with Gasteiger partial charge in [-0.1, -0.05) is 32.0 Å². The number of Topliss-reactive ketones (excluding diaryl/α,β-unsaturated/α-hetero) is 1. The highest BCUT2D eigenvalue weighted by Gasteiger charge is 2.24. The first-order valence-electron chi connectivity index (χ1n) is 7.52. The monoisotopic (exact) mass is 259 g/mol. The molecular formula is C17H25NO. The molecule has 0 atom stereocenters. The van der Waals surface area contributed by atoms with Gasteiger partial charge < -0.3 is 4.90 Å². The third-order valence-corrected chi connectivity index (χ3v) is 4.38. The lowest BCUT2D eigenvalue weighted by Gasteiger charge is -2.35. The number of hydrogen-bond acceptors (Lipinski definition) is 2. The number of aryl methyl sites for hydroxylation is 2. The molecule has 0 spiro atoms. The predicted octanol–water partition coefficient (Wildman–Crippen LogP) is 3.76. The van der Waals surface area contributed by atoms with Crippen LogP contribution in [0.2, 0.25) is 0 Å². The number of para-hydroxylation sites is 1. The number of ketones is 1. The van der Waals surface area contributed by atoms with E-state index < -0.39 is 0 Å². The Kier molecular flexibility index (Phi) is 4.62. The number of carbonyl (C=O) groups is 1. The number of hydrogen-bond donors (Lipinski definition) is 0. The van der Waals surface area contributed by atoms with Crippen molar-refractivity contribution < 1.29 is 4.79 Å². The van der Waals surface area contributed by atoms with Crippen LogP contribution >= 0.6 is 0 Å². The second-order valence-electron chi connectivity index (χ2n) is 5.51. The Labute approximate surface area is 116 Å². The van der Waals surface area contributed by atoms with Crippen LogP contribution in [0.15, 0.2) is 18.2 Å². The van der Waals surface area contributed by atoms with Crippen LogP contribution in [-0.2, 0) is 17.6 Å². The van der Waals surface area contributed by atoms with Crippen LogP contribution in [0.25, 0.3) is 0 Å². The molecule has 1 aliphatic rings. The lowest BCUT2D eigenvalue weighted by molar-refractivity contribution is -0.120. The maximum absolute atomic E-state index is 11.4. The van der Waals surface area contributed by atoms with Gasteiger partial charge in [-0.25, -0.2) is 0 Å². The van der Waals surface area contributed by atoms with Gasteiger partial charge in [0.15, 0.2) is 0 Å². The zero-order chi connectivity index (χ0) is 13.8. The number of rotatable bonds is 4. The highest BCUT2D eigenvalue weighted by molar-refractivity contribution is 5.79. The fraction of sp³-hybridized carbons (Fsp3) is 0.588. The number of anilines is 1. The van der Waals surface area contributed by atoms with E-state index in [-0.39, 0.29) is 0 Å². The van der Waals surface area contributed by atoms with Crippen LogP contribution in [0.3, 0.4) is 0 Å². The molecule has 0 N–H and O–H groups in total. The second-order valence-corrected chi connectivity index (χ2v) is 5.51. The summed E-state index contributed by atoms with van der Waals surface area (Å²) in [6, 6.07) is 7.16. The van der Waals surface area contributed by atoms with Crippen LogP contribution in [-0.4, -0.2) is 18.9 Å². The quantitative estimate of drug-likeness (QED) is 0.820. The largest absolute Gasteiger partial charge is 0.371 e. The van der Waals surface area contributed by atoms with Crippen LogP contribution < -0.4 is 4.90 Å². The van der Waals surface area contributed by atoms with Crippen molar-refractivity contribution in [2.75, 3.05) is 11.9 Å². The summed E-state index contributed by atoms with van der Waals surface area (Å²) < 4.78 is 0. The molecule has 1 aliphatic carbocycles. The summed E-state index contributed by atoms with van der Waals surface area (Å²) in [4.78, 5) is 13.8. The maximum Gasteiger partial charge on any atom is 0.133 e. The number of nitrogens with zero attached hydrogens (tertiary/aromatic N) is 1. The average Bonchev–Trinajstić information content (AvgIpc) is 2.46. The van der Waals surface area contributed by atoms with E-state index in [1.807, 2.05) is 0 Å². The topological polar surface area (TPSA) is 20.3 Å². The summed E-state index contributed by atoms with van der Waals surface area (Å²) in [5, 5.41) is 0. The predicted molar refractivity (Wildman–Crippen MR) is 80.9 cm³/mol. The second kappa shape index (κ2) is 6.23. The van der Waals surface area contributed by atoms with E-state index >= 15 is 0 Å². The van der Waals surface area contributed by atoms with Gasteiger partial charge in [0, 0.05) is 31.6 Å². The first-order chi connectivity index (χ1) is 9.17. The first-order valence-corrected chi connectivity index (χ1v) is 7.52. The molecule has 1 aromatic rings. The molecule has 0 amide bonds. The summed E-state index contributed by atoms with van der Waals surface area (Å²) in [5.41, 5.74) is 4.27. The summed E-state index contributed by atoms with van der Waals surface area (Å²) in [7, 11) is 2.20. The maximum atomic E-state index is 11.4. The molecule has 1 fully saturated rings. The lowest BCUT2D eigenvalue weighted by Crippen LogP contribution is -2.36. The van der Waals surface area contributed by atoms with Crippen LogP contribution in [0, 0.1) is 0 Å². The van der Waals surface area contributed by atoms with Gasteiger partial charge in [-0.2, -0.15) is 0 Å². The Hall–Kier alpha value is -1.31. The van der Waals surface area contributed by atoms with Gasteiger partial charge in [-0.05, 0) is 36.8 Å². The van der Waals surface area contributed by atoms with Gasteiger partial charge in [-0.3, -0.25) is 4.79 Å². The average molecular weight is 259 g/mol. The minimum atomic E-state index is 0.434. The third-order valence-electron chi connectivity index (χ3n) is 4.38. The Morgan fingerprint density at radius 3 is 2.11 bits per heavy atom. The van der Waals surface area contributed by atoms with Crippen molar-refractivity contribution in [2.45, 2.75) is 58.4 Å². The SMILES string of the molecule is CCc1cccc(CC)c1N(C)C1CCC(=O)CC1. The van der Waals surface area contributed by atoms with Gasteiger partial charge in [0.05, 0.1) is 0 Å². The molecule has 19 heavy (non-hydrogen) atoms. The Bertz CT molecular complexity index is 420. The minimum Gasteiger partial charge on any atom is -0.371 e. The van der Waals surface area contributed by atoms with Crippen molar-refractivity contribution in [3.05, 3.63) is 29.3 Å². The van der Waals surface area contributed by atoms with Crippen molar-refractivity contribution in [1.82, 2.24) is 0 Å². The van der Waals surface area contributed by atoms with E-state index in [4.69, 9.17) is 0 Å². The molecule has 0 heterocycles. The smallest absolute Gasteiger partial charge is 0.133 e. The fourth-order valence-electron chi connectivity index (χ4n) is 3.16. The minimum absolute atomic E-state index is 0.434. The number of carbonyl (C=O) groups excluding carboxylic acids is 1. The van der Waals surface area contributed by atoms with Gasteiger partial charge in [0.1, 0.15) is 5.78 Å². The van der Waals surface area contributed by atoms with E-state index in [2.05, 4.69) is 44.0 Å². The molecule has 0 saturated heterocycles. The van der Waals surface area contributed by atoms with Crippen molar-refractivity contribution in [3.63, 3.8) is 0 Å². The summed E-state index contributed by atoms with van der Waals surface area (Å²) in [5.74, 6) is 0.434. The van der Waals surface area contributed by atoms with Crippen molar-refractivity contribution in [1.29, 1.82) is 0 Å². The Balaban J connectivity index is 2.26. The molecule has 2 nitrogen and oxygen atoms in total. The van der Waals surface area contributed by atoms with Crippen LogP contribution in [0.4, 0.5) is 5.69 Å². The molecule has 0 radical (unpaired) electrons. The molecule has 0 aliphatic heterocycles. The number of benzene rings is 1. The van der Waals surface area contributed by atoms with E-state index in [0.29, 0.717) is 11.8 Å². The first kappa shape index (κ1) is 14.1. The zero-order valence-corrected chi connectivity index (χ0v) is 12.4. The van der Waals surface area contributed by atoms with Gasteiger partial charge in [0.25, 0.3) is 0 Å². The molecule has 0 unspecified atom stereocenters. The fourth-order valence-corrected chi connectivity index (χ4v) is 3.16. The van der Waals surface area contributed by atoms with E-state index in [9.17, 15) is 4.79 Å². The van der Waals surface area contributed by atoms with Crippen molar-refractivity contribution >= 4 is 11.5 Å². The van der Waals surface area contributed by atoms with Gasteiger partial charge in [0.2, 0.25) is 0 Å². The molecule has 104 valence electrons. The highest BCUT2D eigenvalue weighted by atomic mass is 16.1. The van der Waals surface area contributed by atoms with E-state index in [1.54, 1.807) is 0 Å². The normalized spacial score (nSPS) is 16.7. The van der Waals surface area contributed by atoms with Crippen molar-refractivity contribution in [3.8, 4) is 0 Å². The molecule has 0 aromatic heterocycles.